The first-order chi connectivity index (χ1) is 15.0. The monoisotopic (exact) mass is 435 g/mol. The van der Waals surface area contributed by atoms with E-state index in [0.29, 0.717) is 32.8 Å². The third kappa shape index (κ3) is 3.90. The summed E-state index contributed by atoms with van der Waals surface area (Å²) in [6.45, 7) is -0.594. The van der Waals surface area contributed by atoms with Crippen LogP contribution in [-0.2, 0) is 4.79 Å². The Morgan fingerprint density at radius 1 is 1.03 bits per heavy atom. The van der Waals surface area contributed by atoms with Crippen molar-refractivity contribution >= 4 is 33.5 Å². The van der Waals surface area contributed by atoms with E-state index in [0.717, 1.165) is 17.1 Å². The van der Waals surface area contributed by atoms with Crippen molar-refractivity contribution in [1.82, 2.24) is 14.7 Å². The number of carbonyl (C=O) groups is 2. The molecule has 0 unspecified atom stereocenters. The van der Waals surface area contributed by atoms with Crippen molar-refractivity contribution in [3.63, 3.8) is 0 Å². The molecular formula is C22H17N3O5S. The van der Waals surface area contributed by atoms with Crippen molar-refractivity contribution in [3.8, 4) is 34.0 Å². The van der Waals surface area contributed by atoms with Crippen molar-refractivity contribution in [3.05, 3.63) is 60.3 Å². The number of carboxylic acids is 1. The number of hydrogen-bond acceptors (Lipinski definition) is 7. The quantitative estimate of drug-likeness (QED) is 0.423. The number of amides is 1. The molecule has 8 nitrogen and oxygen atoms in total. The summed E-state index contributed by atoms with van der Waals surface area (Å²) in [4.78, 5) is 27.9. The fourth-order valence-corrected chi connectivity index (χ4v) is 4.05. The summed E-state index contributed by atoms with van der Waals surface area (Å²) in [6, 6.07) is 16.4. The molecule has 0 fully saturated rings. The van der Waals surface area contributed by atoms with Crippen molar-refractivity contribution < 1.29 is 24.5 Å². The van der Waals surface area contributed by atoms with E-state index in [1.165, 1.54) is 0 Å². The number of hydrogen-bond donors (Lipinski definition) is 3. The highest BCUT2D eigenvalue weighted by Crippen LogP contribution is 2.42. The van der Waals surface area contributed by atoms with Crippen molar-refractivity contribution in [2.24, 2.45) is 0 Å². The summed E-state index contributed by atoms with van der Waals surface area (Å²) < 4.78 is 10.3. The molecule has 4 rings (SSSR count). The Morgan fingerprint density at radius 3 is 2.35 bits per heavy atom. The van der Waals surface area contributed by atoms with Crippen LogP contribution in [0.4, 0.5) is 0 Å². The maximum absolute atomic E-state index is 12.6. The lowest BCUT2D eigenvalue weighted by Gasteiger charge is -2.11. The predicted molar refractivity (Wildman–Crippen MR) is 116 cm³/mol. The molecule has 0 atom stereocenters. The molecular weight excluding hydrogens is 418 g/mol. The van der Waals surface area contributed by atoms with Crippen molar-refractivity contribution in [1.29, 1.82) is 0 Å². The highest BCUT2D eigenvalue weighted by molar-refractivity contribution is 7.14. The first-order valence-electron chi connectivity index (χ1n) is 9.21. The molecule has 0 aliphatic carbocycles. The molecule has 156 valence electrons. The second-order valence-corrected chi connectivity index (χ2v) is 7.34. The Bertz CT molecular complexity index is 1270. The number of methoxy groups -OCH3 is 1. The summed E-state index contributed by atoms with van der Waals surface area (Å²) in [7, 11) is 1.56. The minimum Gasteiger partial charge on any atom is -0.505 e. The molecule has 2 heterocycles. The normalized spacial score (nSPS) is 10.7. The van der Waals surface area contributed by atoms with Crippen LogP contribution in [0.5, 0.6) is 11.5 Å². The molecule has 0 radical (unpaired) electrons. The van der Waals surface area contributed by atoms with E-state index in [9.17, 15) is 14.7 Å². The molecule has 3 N–H and O–H groups in total. The number of nitrogens with one attached hydrogen (secondary N) is 1. The zero-order chi connectivity index (χ0) is 22.0. The third-order valence-electron chi connectivity index (χ3n) is 4.62. The van der Waals surface area contributed by atoms with E-state index < -0.39 is 18.4 Å². The second kappa shape index (κ2) is 8.41. The number of ether oxygens (including phenoxy) is 1. The Labute approximate surface area is 180 Å². The smallest absolute Gasteiger partial charge is 0.322 e. The van der Waals surface area contributed by atoms with Gasteiger partial charge in [-0.3, -0.25) is 9.59 Å². The lowest BCUT2D eigenvalue weighted by Crippen LogP contribution is -2.30. The van der Waals surface area contributed by atoms with Crippen LogP contribution in [0.1, 0.15) is 10.5 Å². The van der Waals surface area contributed by atoms with Crippen LogP contribution < -0.4 is 10.1 Å². The minimum absolute atomic E-state index is 0.267. The Morgan fingerprint density at radius 2 is 1.71 bits per heavy atom. The van der Waals surface area contributed by atoms with Gasteiger partial charge < -0.3 is 20.3 Å². The number of rotatable bonds is 6. The number of aliphatic carboxylic acids is 1. The van der Waals surface area contributed by atoms with Crippen molar-refractivity contribution in [2.45, 2.75) is 0 Å². The molecule has 31 heavy (non-hydrogen) atoms. The van der Waals surface area contributed by atoms with Gasteiger partial charge in [-0.05, 0) is 35.8 Å². The summed E-state index contributed by atoms with van der Waals surface area (Å²) in [5.41, 5.74) is 2.17. The molecule has 0 saturated carbocycles. The highest BCUT2D eigenvalue weighted by atomic mass is 32.1. The van der Waals surface area contributed by atoms with Crippen LogP contribution in [-0.4, -0.2) is 45.1 Å². The number of aromatic nitrogens is 2. The summed E-state index contributed by atoms with van der Waals surface area (Å²) in [6.07, 6.45) is 0. The van der Waals surface area contributed by atoms with E-state index in [1.807, 2.05) is 30.3 Å². The van der Waals surface area contributed by atoms with Crippen LogP contribution in [0.15, 0.2) is 54.6 Å². The van der Waals surface area contributed by atoms with Gasteiger partial charge in [-0.2, -0.15) is 4.37 Å². The zero-order valence-corrected chi connectivity index (χ0v) is 17.1. The summed E-state index contributed by atoms with van der Waals surface area (Å²) in [5.74, 6) is -1.68. The van der Waals surface area contributed by atoms with E-state index in [-0.39, 0.29) is 11.4 Å². The number of benzene rings is 2. The number of fused-ring (bicyclic) bond motifs is 1. The molecule has 9 heteroatoms. The average molecular weight is 435 g/mol. The van der Waals surface area contributed by atoms with E-state index in [2.05, 4.69) is 14.7 Å². The lowest BCUT2D eigenvalue weighted by atomic mass is 10.0. The zero-order valence-electron chi connectivity index (χ0n) is 16.3. The molecule has 0 bridgehead atoms. The average Bonchev–Trinajstić information content (AvgIpc) is 3.24. The topological polar surface area (TPSA) is 122 Å². The molecule has 4 aromatic rings. The van der Waals surface area contributed by atoms with E-state index >= 15 is 0 Å². The molecule has 0 aliphatic heterocycles. The molecule has 0 aliphatic rings. The fraction of sp³-hybridized carbons (Fsp3) is 0.0909. The van der Waals surface area contributed by atoms with Gasteiger partial charge in [-0.1, -0.05) is 30.3 Å². The standard InChI is InChI=1S/C22H17N3O5S/c1-30-14-9-7-13(8-10-14)18-21-16(17(25-31-21)12-5-3-2-4-6-12)20(28)19(24-18)22(29)23-11-15(26)27/h2-10,28H,11H2,1H3,(H,23,29)(H,26,27). The van der Waals surface area contributed by atoms with Crippen LogP contribution in [0.3, 0.4) is 0 Å². The van der Waals surface area contributed by atoms with Gasteiger partial charge in [0, 0.05) is 11.1 Å². The van der Waals surface area contributed by atoms with Gasteiger partial charge >= 0.3 is 5.97 Å². The van der Waals surface area contributed by atoms with Crippen LogP contribution in [0.25, 0.3) is 32.6 Å². The number of aromatic hydroxyl groups is 1. The van der Waals surface area contributed by atoms with E-state index in [1.54, 1.807) is 31.4 Å². The van der Waals surface area contributed by atoms with Gasteiger partial charge in [0.15, 0.2) is 11.4 Å². The van der Waals surface area contributed by atoms with Gasteiger partial charge in [0.2, 0.25) is 0 Å². The first kappa shape index (κ1) is 20.3. The van der Waals surface area contributed by atoms with E-state index in [4.69, 9.17) is 9.84 Å². The van der Waals surface area contributed by atoms with Gasteiger partial charge in [0.05, 0.1) is 28.6 Å². The van der Waals surface area contributed by atoms with Gasteiger partial charge in [0.25, 0.3) is 5.91 Å². The highest BCUT2D eigenvalue weighted by Gasteiger charge is 2.25. The largest absolute Gasteiger partial charge is 0.505 e. The first-order valence-corrected chi connectivity index (χ1v) is 9.99. The van der Waals surface area contributed by atoms with Crippen LogP contribution in [0, 0.1) is 0 Å². The van der Waals surface area contributed by atoms with Gasteiger partial charge in [-0.15, -0.1) is 0 Å². The van der Waals surface area contributed by atoms with Crippen molar-refractivity contribution in [2.75, 3.05) is 13.7 Å². The molecule has 0 spiro atoms. The fourth-order valence-electron chi connectivity index (χ4n) is 3.14. The Hall–Kier alpha value is -3.98. The maximum Gasteiger partial charge on any atom is 0.322 e. The van der Waals surface area contributed by atoms with Gasteiger partial charge in [0.1, 0.15) is 12.3 Å². The number of pyridine rings is 1. The van der Waals surface area contributed by atoms with Crippen LogP contribution >= 0.6 is 11.5 Å². The third-order valence-corrected chi connectivity index (χ3v) is 5.47. The number of carbonyl (C=O) groups excluding carboxylic acids is 1. The molecule has 0 saturated heterocycles. The van der Waals surface area contributed by atoms with Gasteiger partial charge in [-0.25, -0.2) is 4.98 Å². The Kier molecular flexibility index (Phi) is 5.50. The number of nitrogens with zero attached hydrogens (tertiary/aromatic N) is 2. The molecule has 2 aromatic heterocycles. The SMILES string of the molecule is COc1ccc(-c2nc(C(=O)NCC(=O)O)c(O)c3c(-c4ccccc4)nsc23)cc1. The summed E-state index contributed by atoms with van der Waals surface area (Å²) in [5, 5.41) is 22.5. The minimum atomic E-state index is -1.20. The molecule has 1 amide bonds. The predicted octanol–water partition coefficient (Wildman–Crippen LogP) is 3.55. The Balaban J connectivity index is 1.95. The maximum atomic E-state index is 12.6. The number of carboxylic acid groups (broad SMARTS) is 1. The molecule has 2 aromatic carbocycles. The van der Waals surface area contributed by atoms with Crippen LogP contribution in [0.2, 0.25) is 0 Å². The summed E-state index contributed by atoms with van der Waals surface area (Å²) >= 11 is 1.16. The lowest BCUT2D eigenvalue weighted by molar-refractivity contribution is -0.135. The second-order valence-electron chi connectivity index (χ2n) is 6.56.